The molecule has 4 nitrogen and oxygen atoms in total. The quantitative estimate of drug-likeness (QED) is 0.218. The van der Waals surface area contributed by atoms with Gasteiger partial charge in [0.05, 0.1) is 11.0 Å². The number of thiophene rings is 1. The molecule has 0 spiro atoms. The van der Waals surface area contributed by atoms with Crippen LogP contribution in [0.25, 0.3) is 81.5 Å². The second-order valence-corrected chi connectivity index (χ2v) is 11.5. The Morgan fingerprint density at radius 3 is 1.76 bits per heavy atom. The highest BCUT2D eigenvalue weighted by Gasteiger charge is 2.21. The number of rotatable bonds is 3. The maximum Gasteiger partial charge on any atom is 0.238 e. The van der Waals surface area contributed by atoms with Crippen molar-refractivity contribution in [1.29, 1.82) is 0 Å². The summed E-state index contributed by atoms with van der Waals surface area (Å²) in [5, 5.41) is 7.56. The lowest BCUT2D eigenvalue weighted by Gasteiger charge is -2.11. The van der Waals surface area contributed by atoms with Crippen molar-refractivity contribution in [2.75, 3.05) is 0 Å². The van der Waals surface area contributed by atoms with Crippen molar-refractivity contribution in [1.82, 2.24) is 19.5 Å². The first-order valence-electron chi connectivity index (χ1n) is 14.0. The summed E-state index contributed by atoms with van der Waals surface area (Å²) in [6.45, 7) is 0. The van der Waals surface area contributed by atoms with Gasteiger partial charge in [0.2, 0.25) is 5.95 Å². The average molecular weight is 555 g/mol. The van der Waals surface area contributed by atoms with Crippen molar-refractivity contribution in [3.05, 3.63) is 133 Å². The first kappa shape index (κ1) is 23.3. The number of fused-ring (bicyclic) bond motifs is 9. The summed E-state index contributed by atoms with van der Waals surface area (Å²) in [7, 11) is 0. The Labute approximate surface area is 245 Å². The van der Waals surface area contributed by atoms with E-state index in [1.54, 1.807) is 0 Å². The van der Waals surface area contributed by atoms with E-state index in [0.29, 0.717) is 17.6 Å². The molecule has 3 aromatic heterocycles. The number of aromatic nitrogens is 4. The Hall–Kier alpha value is -5.39. The summed E-state index contributed by atoms with van der Waals surface area (Å²) in [6.07, 6.45) is 0. The molecule has 42 heavy (non-hydrogen) atoms. The Morgan fingerprint density at radius 1 is 0.429 bits per heavy atom. The van der Waals surface area contributed by atoms with Crippen LogP contribution in [0.3, 0.4) is 0 Å². The van der Waals surface area contributed by atoms with Crippen molar-refractivity contribution >= 4 is 64.1 Å². The summed E-state index contributed by atoms with van der Waals surface area (Å²) in [6, 6.07) is 46.5. The monoisotopic (exact) mass is 554 g/mol. The molecular weight excluding hydrogens is 533 g/mol. The van der Waals surface area contributed by atoms with Gasteiger partial charge < -0.3 is 0 Å². The van der Waals surface area contributed by atoms with Crippen LogP contribution in [-0.4, -0.2) is 19.5 Å². The fourth-order valence-corrected chi connectivity index (χ4v) is 7.33. The summed E-state index contributed by atoms with van der Waals surface area (Å²) >= 11 is 1.85. The molecule has 0 amide bonds. The Kier molecular flexibility index (Phi) is 5.03. The van der Waals surface area contributed by atoms with Crippen LogP contribution < -0.4 is 0 Å². The van der Waals surface area contributed by atoms with Gasteiger partial charge in [-0.1, -0.05) is 109 Å². The molecule has 0 saturated heterocycles. The molecule has 3 heterocycles. The van der Waals surface area contributed by atoms with Crippen LogP contribution >= 0.6 is 11.3 Å². The van der Waals surface area contributed by atoms with Crippen molar-refractivity contribution in [3.63, 3.8) is 0 Å². The average Bonchev–Trinajstić information content (AvgIpc) is 3.61. The largest absolute Gasteiger partial charge is 0.278 e. The topological polar surface area (TPSA) is 43.6 Å². The first-order chi connectivity index (χ1) is 20.8. The van der Waals surface area contributed by atoms with E-state index < -0.39 is 0 Å². The maximum absolute atomic E-state index is 5.10. The highest BCUT2D eigenvalue weighted by atomic mass is 32.1. The third kappa shape index (κ3) is 3.44. The zero-order valence-electron chi connectivity index (χ0n) is 22.4. The third-order valence-electron chi connectivity index (χ3n) is 8.05. The summed E-state index contributed by atoms with van der Waals surface area (Å²) in [5.74, 6) is 1.91. The van der Waals surface area contributed by atoms with Crippen molar-refractivity contribution < 1.29 is 0 Å². The second-order valence-electron chi connectivity index (χ2n) is 10.5. The van der Waals surface area contributed by atoms with E-state index in [-0.39, 0.29) is 0 Å². The zero-order chi connectivity index (χ0) is 27.6. The molecule has 0 radical (unpaired) electrons. The third-order valence-corrected chi connectivity index (χ3v) is 9.17. The number of nitrogens with zero attached hydrogens (tertiary/aromatic N) is 4. The highest BCUT2D eigenvalue weighted by molar-refractivity contribution is 7.26. The summed E-state index contributed by atoms with van der Waals surface area (Å²) < 4.78 is 4.78. The number of para-hydroxylation sites is 1. The lowest BCUT2D eigenvalue weighted by molar-refractivity contribution is 0.953. The highest BCUT2D eigenvalue weighted by Crippen LogP contribution is 2.45. The number of hydrogen-bond donors (Lipinski definition) is 0. The molecule has 0 aliphatic heterocycles. The van der Waals surface area contributed by atoms with Gasteiger partial charge in [0.1, 0.15) is 0 Å². The zero-order valence-corrected chi connectivity index (χ0v) is 23.2. The summed E-state index contributed by atoms with van der Waals surface area (Å²) in [4.78, 5) is 15.1. The molecule has 0 fully saturated rings. The van der Waals surface area contributed by atoms with Gasteiger partial charge >= 0.3 is 0 Å². The Morgan fingerprint density at radius 2 is 1.02 bits per heavy atom. The van der Waals surface area contributed by atoms with Gasteiger partial charge in [0, 0.05) is 42.1 Å². The first-order valence-corrected chi connectivity index (χ1v) is 14.8. The molecule has 9 rings (SSSR count). The molecule has 0 bridgehead atoms. The van der Waals surface area contributed by atoms with Gasteiger partial charge in [0.15, 0.2) is 11.6 Å². The van der Waals surface area contributed by atoms with Crippen molar-refractivity contribution in [3.8, 4) is 28.7 Å². The minimum Gasteiger partial charge on any atom is -0.278 e. The molecule has 0 aliphatic rings. The van der Waals surface area contributed by atoms with Crippen LogP contribution in [0.4, 0.5) is 0 Å². The van der Waals surface area contributed by atoms with E-state index >= 15 is 0 Å². The van der Waals surface area contributed by atoms with Gasteiger partial charge in [-0.25, -0.2) is 4.98 Å². The van der Waals surface area contributed by atoms with Crippen LogP contribution in [0.1, 0.15) is 0 Å². The molecule has 0 atom stereocenters. The molecule has 0 saturated carbocycles. The van der Waals surface area contributed by atoms with Gasteiger partial charge in [-0.3, -0.25) is 4.57 Å². The number of benzene rings is 6. The number of hydrogen-bond acceptors (Lipinski definition) is 4. The minimum absolute atomic E-state index is 0.609. The Bertz CT molecular complexity index is 2400. The van der Waals surface area contributed by atoms with Crippen LogP contribution in [0.15, 0.2) is 133 Å². The van der Waals surface area contributed by atoms with E-state index in [9.17, 15) is 0 Å². The maximum atomic E-state index is 5.10. The van der Waals surface area contributed by atoms with Crippen molar-refractivity contribution in [2.24, 2.45) is 0 Å². The second kappa shape index (κ2) is 9.06. The molecule has 6 aromatic carbocycles. The van der Waals surface area contributed by atoms with E-state index in [4.69, 9.17) is 15.0 Å². The lowest BCUT2D eigenvalue weighted by Crippen LogP contribution is -2.06. The van der Waals surface area contributed by atoms with Crippen LogP contribution in [0.5, 0.6) is 0 Å². The molecule has 0 unspecified atom stereocenters. The van der Waals surface area contributed by atoms with E-state index in [0.717, 1.165) is 22.2 Å². The molecule has 196 valence electrons. The molecule has 0 aliphatic carbocycles. The Balaban J connectivity index is 1.43. The standard InChI is InChI=1S/C37H22N4S/c1-3-12-24(13-4-1)35-38-36(25-14-5-2-6-15-25)40-37(39-35)41-28-18-10-9-17-27(28)32-29(41)20-22-31-34(32)33-26-16-8-7-11-23(26)19-21-30(33)42-31/h1-22H. The molecular formula is C37H22N4S. The van der Waals surface area contributed by atoms with Crippen LogP contribution in [0.2, 0.25) is 0 Å². The van der Waals surface area contributed by atoms with E-state index in [2.05, 4.69) is 77.4 Å². The fraction of sp³-hybridized carbons (Fsp3) is 0. The van der Waals surface area contributed by atoms with Crippen LogP contribution in [-0.2, 0) is 0 Å². The molecule has 9 aromatic rings. The fourth-order valence-electron chi connectivity index (χ4n) is 6.20. The SMILES string of the molecule is c1ccc(-c2nc(-c3ccccc3)nc(-n3c4ccccc4c4c5c(ccc43)sc3ccc4ccccc4c35)n2)cc1. The predicted molar refractivity (Wildman–Crippen MR) is 175 cm³/mol. The van der Waals surface area contributed by atoms with Gasteiger partial charge in [-0.05, 0) is 35.0 Å². The molecule has 5 heteroatoms. The van der Waals surface area contributed by atoms with E-state index in [1.165, 1.54) is 41.7 Å². The predicted octanol–water partition coefficient (Wildman–Crippen LogP) is 9.82. The van der Waals surface area contributed by atoms with E-state index in [1.807, 2.05) is 72.0 Å². The smallest absolute Gasteiger partial charge is 0.238 e. The van der Waals surface area contributed by atoms with Gasteiger partial charge in [0.25, 0.3) is 0 Å². The van der Waals surface area contributed by atoms with Crippen molar-refractivity contribution in [2.45, 2.75) is 0 Å². The summed E-state index contributed by atoms with van der Waals surface area (Å²) in [5.41, 5.74) is 4.07. The molecule has 0 N–H and O–H groups in total. The van der Waals surface area contributed by atoms with Gasteiger partial charge in [-0.2, -0.15) is 9.97 Å². The normalized spacial score (nSPS) is 11.8. The minimum atomic E-state index is 0.609. The van der Waals surface area contributed by atoms with Gasteiger partial charge in [-0.15, -0.1) is 11.3 Å². The lowest BCUT2D eigenvalue weighted by atomic mass is 10.0. The van der Waals surface area contributed by atoms with Crippen LogP contribution in [0, 0.1) is 0 Å².